The lowest BCUT2D eigenvalue weighted by Crippen LogP contribution is -2.00. The van der Waals surface area contributed by atoms with E-state index >= 15 is 0 Å². The van der Waals surface area contributed by atoms with E-state index in [1.807, 2.05) is 61.7 Å². The van der Waals surface area contributed by atoms with Gasteiger partial charge in [-0.2, -0.15) is 0 Å². The number of hydrogen-bond acceptors (Lipinski definition) is 3. The van der Waals surface area contributed by atoms with Gasteiger partial charge in [0.05, 0.1) is 11.4 Å². The molecule has 2 aromatic carbocycles. The quantitative estimate of drug-likeness (QED) is 0.609. The SMILES string of the molecule is CCc1nc2c(Cc3ccccc3)nc(-c3ccccc3)cn2c1O. The number of aromatic nitrogens is 3. The minimum atomic E-state index is 0.200. The van der Waals surface area contributed by atoms with Crippen molar-refractivity contribution in [3.63, 3.8) is 0 Å². The minimum Gasteiger partial charge on any atom is -0.493 e. The Morgan fingerprint density at radius 1 is 0.880 bits per heavy atom. The summed E-state index contributed by atoms with van der Waals surface area (Å²) in [4.78, 5) is 9.47. The molecular weight excluding hydrogens is 310 g/mol. The summed E-state index contributed by atoms with van der Waals surface area (Å²) in [6.07, 6.45) is 3.21. The van der Waals surface area contributed by atoms with Gasteiger partial charge in [0.25, 0.3) is 0 Å². The number of aromatic hydroxyl groups is 1. The molecule has 4 nitrogen and oxygen atoms in total. The van der Waals surface area contributed by atoms with Crippen LogP contribution in [0.1, 0.15) is 23.9 Å². The molecule has 2 heterocycles. The molecule has 0 atom stereocenters. The number of hydrogen-bond donors (Lipinski definition) is 1. The summed E-state index contributed by atoms with van der Waals surface area (Å²) < 4.78 is 1.76. The second-order valence-electron chi connectivity index (χ2n) is 6.03. The van der Waals surface area contributed by atoms with Gasteiger partial charge in [-0.25, -0.2) is 9.97 Å². The molecule has 0 unspecified atom stereocenters. The maximum Gasteiger partial charge on any atom is 0.219 e. The lowest BCUT2D eigenvalue weighted by molar-refractivity contribution is 0.441. The van der Waals surface area contributed by atoms with E-state index in [4.69, 9.17) is 4.98 Å². The van der Waals surface area contributed by atoms with E-state index in [2.05, 4.69) is 17.1 Å². The van der Waals surface area contributed by atoms with Crippen molar-refractivity contribution in [2.24, 2.45) is 0 Å². The van der Waals surface area contributed by atoms with Crippen molar-refractivity contribution in [2.45, 2.75) is 19.8 Å². The maximum atomic E-state index is 10.5. The zero-order valence-corrected chi connectivity index (χ0v) is 14.1. The molecule has 0 spiro atoms. The molecule has 0 amide bonds. The van der Waals surface area contributed by atoms with Gasteiger partial charge in [0.15, 0.2) is 5.65 Å². The van der Waals surface area contributed by atoms with Crippen LogP contribution < -0.4 is 0 Å². The molecule has 0 aliphatic heterocycles. The van der Waals surface area contributed by atoms with E-state index in [1.54, 1.807) is 4.40 Å². The Morgan fingerprint density at radius 3 is 2.24 bits per heavy atom. The van der Waals surface area contributed by atoms with Gasteiger partial charge in [-0.1, -0.05) is 67.6 Å². The molecule has 4 rings (SSSR count). The molecule has 0 saturated heterocycles. The second-order valence-corrected chi connectivity index (χ2v) is 6.03. The van der Waals surface area contributed by atoms with Crippen LogP contribution >= 0.6 is 0 Å². The molecule has 124 valence electrons. The average Bonchev–Trinajstić information content (AvgIpc) is 3.00. The van der Waals surface area contributed by atoms with E-state index in [9.17, 15) is 5.11 Å². The van der Waals surface area contributed by atoms with Crippen molar-refractivity contribution in [1.82, 2.24) is 14.4 Å². The van der Waals surface area contributed by atoms with E-state index < -0.39 is 0 Å². The van der Waals surface area contributed by atoms with Crippen LogP contribution in [0.4, 0.5) is 0 Å². The Kier molecular flexibility index (Phi) is 3.94. The summed E-state index contributed by atoms with van der Waals surface area (Å²) in [5, 5.41) is 10.5. The van der Waals surface area contributed by atoms with Crippen LogP contribution in [0.5, 0.6) is 5.88 Å². The molecule has 1 N–H and O–H groups in total. The van der Waals surface area contributed by atoms with E-state index in [1.165, 1.54) is 5.56 Å². The number of aryl methyl sites for hydroxylation is 1. The topological polar surface area (TPSA) is 50.4 Å². The van der Waals surface area contributed by atoms with Gasteiger partial charge in [0.1, 0.15) is 5.69 Å². The van der Waals surface area contributed by atoms with Gasteiger partial charge < -0.3 is 5.11 Å². The molecule has 25 heavy (non-hydrogen) atoms. The molecule has 0 aliphatic rings. The first-order chi connectivity index (χ1) is 12.3. The number of fused-ring (bicyclic) bond motifs is 1. The Hall–Kier alpha value is -3.14. The molecule has 4 aromatic rings. The summed E-state index contributed by atoms with van der Waals surface area (Å²) in [6.45, 7) is 1.99. The van der Waals surface area contributed by atoms with Gasteiger partial charge >= 0.3 is 0 Å². The summed E-state index contributed by atoms with van der Waals surface area (Å²) >= 11 is 0. The van der Waals surface area contributed by atoms with E-state index in [0.29, 0.717) is 18.5 Å². The molecule has 0 radical (unpaired) electrons. The van der Waals surface area contributed by atoms with Crippen LogP contribution in [0.3, 0.4) is 0 Å². The minimum absolute atomic E-state index is 0.200. The normalized spacial score (nSPS) is 11.1. The maximum absolute atomic E-state index is 10.5. The first kappa shape index (κ1) is 15.4. The highest BCUT2D eigenvalue weighted by Gasteiger charge is 2.16. The van der Waals surface area contributed by atoms with Crippen molar-refractivity contribution >= 4 is 5.65 Å². The van der Waals surface area contributed by atoms with Gasteiger partial charge in [-0.05, 0) is 12.0 Å². The fourth-order valence-electron chi connectivity index (χ4n) is 3.04. The molecular formula is C21H19N3O. The Bertz CT molecular complexity index is 1010. The standard InChI is InChI=1S/C21H19N3O/c1-2-17-21(25)24-14-19(16-11-7-4-8-12-16)22-18(20(24)23-17)13-15-9-5-3-6-10-15/h3-12,14,25H,2,13H2,1H3. The zero-order valence-electron chi connectivity index (χ0n) is 14.1. The molecule has 0 bridgehead atoms. The smallest absolute Gasteiger partial charge is 0.219 e. The molecule has 2 aromatic heterocycles. The Labute approximate surface area is 146 Å². The average molecular weight is 329 g/mol. The predicted molar refractivity (Wildman–Crippen MR) is 98.7 cm³/mol. The largest absolute Gasteiger partial charge is 0.493 e. The Morgan fingerprint density at radius 2 is 1.56 bits per heavy atom. The van der Waals surface area contributed by atoms with Crippen molar-refractivity contribution in [3.05, 3.63) is 83.8 Å². The van der Waals surface area contributed by atoms with Crippen LogP contribution in [0.2, 0.25) is 0 Å². The fraction of sp³-hybridized carbons (Fsp3) is 0.143. The van der Waals surface area contributed by atoms with Crippen LogP contribution in [0.25, 0.3) is 16.9 Å². The molecule has 0 fully saturated rings. The van der Waals surface area contributed by atoms with E-state index in [0.717, 1.165) is 22.6 Å². The number of rotatable bonds is 4. The monoisotopic (exact) mass is 329 g/mol. The summed E-state index contributed by atoms with van der Waals surface area (Å²) in [7, 11) is 0. The fourth-order valence-corrected chi connectivity index (χ4v) is 3.04. The van der Waals surface area contributed by atoms with Gasteiger partial charge in [0.2, 0.25) is 5.88 Å². The third-order valence-electron chi connectivity index (χ3n) is 4.34. The van der Waals surface area contributed by atoms with Crippen LogP contribution in [0.15, 0.2) is 66.9 Å². The predicted octanol–water partition coefficient (Wildman–Crippen LogP) is 4.26. The first-order valence-corrected chi connectivity index (χ1v) is 8.45. The van der Waals surface area contributed by atoms with Crippen LogP contribution in [-0.4, -0.2) is 19.5 Å². The molecule has 4 heteroatoms. The zero-order chi connectivity index (χ0) is 17.2. The summed E-state index contributed by atoms with van der Waals surface area (Å²) in [5.41, 5.74) is 5.30. The van der Waals surface area contributed by atoms with Crippen LogP contribution in [0, 0.1) is 0 Å². The summed E-state index contributed by atoms with van der Waals surface area (Å²) in [5.74, 6) is 0.200. The number of nitrogens with zero attached hydrogens (tertiary/aromatic N) is 3. The van der Waals surface area contributed by atoms with Crippen molar-refractivity contribution in [1.29, 1.82) is 0 Å². The highest BCUT2D eigenvalue weighted by atomic mass is 16.3. The second kappa shape index (κ2) is 6.40. The number of imidazole rings is 1. The third-order valence-corrected chi connectivity index (χ3v) is 4.34. The van der Waals surface area contributed by atoms with Crippen LogP contribution in [-0.2, 0) is 12.8 Å². The summed E-state index contributed by atoms with van der Waals surface area (Å²) in [6, 6.07) is 20.2. The highest BCUT2D eigenvalue weighted by molar-refractivity contribution is 5.63. The third kappa shape index (κ3) is 2.87. The molecule has 0 saturated carbocycles. The number of benzene rings is 2. The van der Waals surface area contributed by atoms with Crippen molar-refractivity contribution < 1.29 is 5.11 Å². The first-order valence-electron chi connectivity index (χ1n) is 8.45. The lowest BCUT2D eigenvalue weighted by atomic mass is 10.1. The lowest BCUT2D eigenvalue weighted by Gasteiger charge is -2.08. The van der Waals surface area contributed by atoms with Crippen molar-refractivity contribution in [3.8, 4) is 17.1 Å². The van der Waals surface area contributed by atoms with Gasteiger partial charge in [-0.15, -0.1) is 0 Å². The highest BCUT2D eigenvalue weighted by Crippen LogP contribution is 2.26. The van der Waals surface area contributed by atoms with Crippen molar-refractivity contribution in [2.75, 3.05) is 0 Å². The Balaban J connectivity index is 1.92. The van der Waals surface area contributed by atoms with E-state index in [-0.39, 0.29) is 5.88 Å². The van der Waals surface area contributed by atoms with Gasteiger partial charge in [-0.3, -0.25) is 4.40 Å². The van der Waals surface area contributed by atoms with Gasteiger partial charge in [0, 0.05) is 18.2 Å². The molecule has 0 aliphatic carbocycles.